The lowest BCUT2D eigenvalue weighted by atomic mass is 9.99. The molecule has 0 saturated heterocycles. The van der Waals surface area contributed by atoms with E-state index in [1.165, 1.54) is 21.5 Å². The second-order valence-electron chi connectivity index (χ2n) is 17.7. The largest absolute Gasteiger partial charge is 0.455 e. The first kappa shape index (κ1) is 36.7. The predicted octanol–water partition coefficient (Wildman–Crippen LogP) is 14.5. The molecule has 57 heavy (non-hydrogen) atoms. The van der Waals surface area contributed by atoms with E-state index in [0.29, 0.717) is 0 Å². The van der Waals surface area contributed by atoms with E-state index in [1.54, 1.807) is 0 Å². The molecule has 0 N–H and O–H groups in total. The molecule has 5 heteroatoms. The minimum atomic E-state index is -1.49. The van der Waals surface area contributed by atoms with E-state index in [9.17, 15) is 0 Å². The van der Waals surface area contributed by atoms with Crippen molar-refractivity contribution in [2.75, 3.05) is 9.80 Å². The van der Waals surface area contributed by atoms with Crippen LogP contribution in [-0.2, 0) is 0 Å². The van der Waals surface area contributed by atoms with E-state index in [-0.39, 0.29) is 0 Å². The zero-order valence-corrected chi connectivity index (χ0v) is 36.3. The first-order valence-corrected chi connectivity index (χ1v) is 27.1. The van der Waals surface area contributed by atoms with Gasteiger partial charge in [-0.2, -0.15) is 0 Å². The molecule has 0 unspecified atom stereocenters. The zero-order chi connectivity index (χ0) is 39.6. The van der Waals surface area contributed by atoms with Crippen LogP contribution in [0.3, 0.4) is 0 Å². The number of rotatable bonds is 8. The van der Waals surface area contributed by atoms with Gasteiger partial charge in [0, 0.05) is 55.1 Å². The van der Waals surface area contributed by atoms with E-state index in [0.717, 1.165) is 77.6 Å². The number of benzene rings is 8. The minimum Gasteiger partial charge on any atom is -0.455 e. The molecule has 0 aliphatic carbocycles. The third-order valence-electron chi connectivity index (χ3n) is 11.5. The van der Waals surface area contributed by atoms with Crippen molar-refractivity contribution in [3.05, 3.63) is 169 Å². The fourth-order valence-corrected chi connectivity index (χ4v) is 10.5. The first-order chi connectivity index (χ1) is 27.3. The van der Waals surface area contributed by atoms with E-state index < -0.39 is 16.1 Å². The number of furan rings is 1. The molecule has 282 valence electrons. The maximum Gasteiger partial charge on any atom is 0.143 e. The molecule has 9 rings (SSSR count). The van der Waals surface area contributed by atoms with Crippen LogP contribution in [0.1, 0.15) is 11.1 Å². The third kappa shape index (κ3) is 6.65. The quantitative estimate of drug-likeness (QED) is 0.143. The summed E-state index contributed by atoms with van der Waals surface area (Å²) in [6.45, 7) is 18.8. The van der Waals surface area contributed by atoms with Crippen molar-refractivity contribution in [3.8, 4) is 0 Å². The SMILES string of the molecule is Cc1ccc(N(c2ccc([Si](C)(C)C)cc2)c2cc3c4cc(N(c5ccc(C)cc5)c5ccc([Si](C)(C)C)cc5)c5ccccc5c4oc3c3ccccc23)cc1. The highest BCUT2D eigenvalue weighted by Crippen LogP contribution is 2.48. The van der Waals surface area contributed by atoms with Gasteiger partial charge < -0.3 is 14.2 Å². The summed E-state index contributed by atoms with van der Waals surface area (Å²) in [4.78, 5) is 4.85. The molecule has 0 fully saturated rings. The second kappa shape index (κ2) is 13.9. The van der Waals surface area contributed by atoms with Gasteiger partial charge in [0.15, 0.2) is 0 Å². The molecule has 0 bridgehead atoms. The molecule has 1 aromatic heterocycles. The molecule has 0 aliphatic heterocycles. The summed E-state index contributed by atoms with van der Waals surface area (Å²) >= 11 is 0. The Morgan fingerprint density at radius 3 is 0.965 bits per heavy atom. The van der Waals surface area contributed by atoms with Crippen LogP contribution >= 0.6 is 0 Å². The average molecular weight is 775 g/mol. The predicted molar refractivity (Wildman–Crippen MR) is 254 cm³/mol. The van der Waals surface area contributed by atoms with Gasteiger partial charge >= 0.3 is 0 Å². The summed E-state index contributed by atoms with van der Waals surface area (Å²) < 4.78 is 7.08. The third-order valence-corrected chi connectivity index (χ3v) is 15.6. The topological polar surface area (TPSA) is 19.6 Å². The Kier molecular flexibility index (Phi) is 8.99. The Bertz CT molecular complexity index is 2710. The van der Waals surface area contributed by atoms with Gasteiger partial charge in [0.05, 0.1) is 27.5 Å². The van der Waals surface area contributed by atoms with E-state index in [1.807, 2.05) is 0 Å². The van der Waals surface area contributed by atoms with E-state index in [4.69, 9.17) is 4.42 Å². The highest BCUT2D eigenvalue weighted by atomic mass is 28.3. The lowest BCUT2D eigenvalue weighted by Gasteiger charge is -2.28. The Morgan fingerprint density at radius 2 is 0.649 bits per heavy atom. The standard InChI is InChI=1S/C52H50N2OSi2/c1-35-17-21-37(22-18-35)53(39-25-29-41(30-26-39)56(3,4)5)49-33-47-48-34-50(44-14-10-12-16-46(44)52(48)55-51(47)45-15-11-9-13-43(45)49)54(38-23-19-36(2)20-24-38)40-27-31-42(32-28-40)57(6,7)8/h9-34H,1-8H3. The van der Waals surface area contributed by atoms with Gasteiger partial charge in [-0.05, 0) is 74.5 Å². The summed E-state index contributed by atoms with van der Waals surface area (Å²) in [6, 6.07) is 58.6. The molecule has 0 atom stereocenters. The molecule has 1 heterocycles. The van der Waals surface area contributed by atoms with Crippen LogP contribution in [-0.4, -0.2) is 16.1 Å². The van der Waals surface area contributed by atoms with Crippen molar-refractivity contribution >= 4 is 104 Å². The maximum atomic E-state index is 7.08. The van der Waals surface area contributed by atoms with Crippen molar-refractivity contribution in [1.82, 2.24) is 0 Å². The lowest BCUT2D eigenvalue weighted by Crippen LogP contribution is -2.37. The number of aryl methyl sites for hydroxylation is 2. The molecule has 0 saturated carbocycles. The summed E-state index contributed by atoms with van der Waals surface area (Å²) in [7, 11) is -2.99. The van der Waals surface area contributed by atoms with Crippen molar-refractivity contribution in [3.63, 3.8) is 0 Å². The monoisotopic (exact) mass is 774 g/mol. The first-order valence-electron chi connectivity index (χ1n) is 20.1. The Hall–Kier alpha value is -5.89. The van der Waals surface area contributed by atoms with Crippen LogP contribution in [0, 0.1) is 13.8 Å². The number of hydrogen-bond donors (Lipinski definition) is 0. The maximum absolute atomic E-state index is 7.08. The summed E-state index contributed by atoms with van der Waals surface area (Å²) in [6.07, 6.45) is 0. The molecular weight excluding hydrogens is 725 g/mol. The molecule has 0 radical (unpaired) electrons. The summed E-state index contributed by atoms with van der Waals surface area (Å²) in [5.41, 5.74) is 11.1. The van der Waals surface area contributed by atoms with Gasteiger partial charge in [-0.3, -0.25) is 0 Å². The van der Waals surface area contributed by atoms with Crippen LogP contribution in [0.4, 0.5) is 34.1 Å². The molecule has 9 aromatic rings. The molecule has 8 aromatic carbocycles. The average Bonchev–Trinajstić information content (AvgIpc) is 3.58. The van der Waals surface area contributed by atoms with Crippen LogP contribution < -0.4 is 20.2 Å². The number of hydrogen-bond acceptors (Lipinski definition) is 3. The molecule has 0 aliphatic rings. The highest BCUT2D eigenvalue weighted by Gasteiger charge is 2.25. The van der Waals surface area contributed by atoms with Gasteiger partial charge in [0.1, 0.15) is 11.2 Å². The second-order valence-corrected chi connectivity index (χ2v) is 27.8. The Balaban J connectivity index is 1.35. The van der Waals surface area contributed by atoms with Crippen molar-refractivity contribution in [1.29, 1.82) is 0 Å². The molecule has 0 amide bonds. The van der Waals surface area contributed by atoms with Crippen molar-refractivity contribution in [2.45, 2.75) is 53.1 Å². The van der Waals surface area contributed by atoms with Crippen LogP contribution in [0.2, 0.25) is 39.3 Å². The van der Waals surface area contributed by atoms with Gasteiger partial charge in [-0.25, -0.2) is 0 Å². The zero-order valence-electron chi connectivity index (χ0n) is 34.3. The van der Waals surface area contributed by atoms with Crippen LogP contribution in [0.5, 0.6) is 0 Å². The van der Waals surface area contributed by atoms with E-state index >= 15 is 0 Å². The summed E-state index contributed by atoms with van der Waals surface area (Å²) in [5.74, 6) is 0. The summed E-state index contributed by atoms with van der Waals surface area (Å²) in [5, 5.41) is 9.58. The van der Waals surface area contributed by atoms with Gasteiger partial charge in [-0.15, -0.1) is 0 Å². The number of anilines is 6. The minimum absolute atomic E-state index is 0.908. The fraction of sp³-hybridized carbons (Fsp3) is 0.154. The van der Waals surface area contributed by atoms with Gasteiger partial charge in [0.2, 0.25) is 0 Å². The smallest absolute Gasteiger partial charge is 0.143 e. The van der Waals surface area contributed by atoms with Crippen LogP contribution in [0.15, 0.2) is 162 Å². The molecular formula is C52H50N2OSi2. The van der Waals surface area contributed by atoms with Gasteiger partial charge in [0.25, 0.3) is 0 Å². The molecule has 0 spiro atoms. The van der Waals surface area contributed by atoms with Crippen molar-refractivity contribution < 1.29 is 4.42 Å². The number of nitrogens with zero attached hydrogens (tertiary/aromatic N) is 2. The van der Waals surface area contributed by atoms with Gasteiger partial charge in [-0.1, -0.05) is 158 Å². The normalized spacial score (nSPS) is 12.2. The fourth-order valence-electron chi connectivity index (χ4n) is 8.21. The Labute approximate surface area is 338 Å². The molecule has 3 nitrogen and oxygen atoms in total. The number of fused-ring (bicyclic) bond motifs is 7. The van der Waals surface area contributed by atoms with E-state index in [2.05, 4.69) is 221 Å². The van der Waals surface area contributed by atoms with Crippen LogP contribution in [0.25, 0.3) is 43.5 Å². The Morgan fingerprint density at radius 1 is 0.351 bits per heavy atom. The highest BCUT2D eigenvalue weighted by molar-refractivity contribution is 6.89. The lowest BCUT2D eigenvalue weighted by molar-refractivity contribution is 0.676. The van der Waals surface area contributed by atoms with Crippen molar-refractivity contribution in [2.24, 2.45) is 0 Å².